The zero-order valence-corrected chi connectivity index (χ0v) is 11.0. The number of nitrogens with zero attached hydrogens (tertiary/aromatic N) is 2. The van der Waals surface area contributed by atoms with Crippen LogP contribution in [0.2, 0.25) is 0 Å². The van der Waals surface area contributed by atoms with Crippen LogP contribution in [-0.4, -0.2) is 32.9 Å². The third-order valence-corrected chi connectivity index (χ3v) is 4.91. The van der Waals surface area contributed by atoms with E-state index >= 15 is 0 Å². The van der Waals surface area contributed by atoms with Gasteiger partial charge in [0.2, 0.25) is 10.0 Å². The van der Waals surface area contributed by atoms with E-state index < -0.39 is 10.0 Å². The number of benzene rings is 1. The summed E-state index contributed by atoms with van der Waals surface area (Å²) in [6.07, 6.45) is 0.780. The predicted octanol–water partition coefficient (Wildman–Crippen LogP) is 0.562. The van der Waals surface area contributed by atoms with Gasteiger partial charge in [-0.15, -0.1) is 0 Å². The minimum absolute atomic E-state index is 0.210. The second-order valence-electron chi connectivity index (χ2n) is 4.54. The molecule has 0 aliphatic carbocycles. The average molecular weight is 255 g/mol. The summed E-state index contributed by atoms with van der Waals surface area (Å²) in [5.74, 6) is 5.88. The maximum absolute atomic E-state index is 12.0. The second kappa shape index (κ2) is 3.97. The minimum atomic E-state index is -3.36. The summed E-state index contributed by atoms with van der Waals surface area (Å²) in [6.45, 7) is 2.01. The maximum atomic E-state index is 12.0. The van der Waals surface area contributed by atoms with Crippen LogP contribution >= 0.6 is 0 Å². The van der Waals surface area contributed by atoms with Gasteiger partial charge in [-0.1, -0.05) is 0 Å². The van der Waals surface area contributed by atoms with Gasteiger partial charge >= 0.3 is 0 Å². The highest BCUT2D eigenvalue weighted by molar-refractivity contribution is 7.89. The van der Waals surface area contributed by atoms with Crippen molar-refractivity contribution in [1.82, 2.24) is 4.31 Å². The lowest BCUT2D eigenvalue weighted by Gasteiger charge is -2.17. The molecule has 1 aromatic rings. The first-order valence-corrected chi connectivity index (χ1v) is 6.87. The summed E-state index contributed by atoms with van der Waals surface area (Å²) in [5.41, 5.74) is 1.90. The lowest BCUT2D eigenvalue weighted by atomic mass is 10.1. The molecule has 2 N–H and O–H groups in total. The molecule has 1 unspecified atom stereocenters. The van der Waals surface area contributed by atoms with Gasteiger partial charge in [-0.25, -0.2) is 18.6 Å². The Hall–Kier alpha value is -1.11. The fourth-order valence-electron chi connectivity index (χ4n) is 2.00. The molecule has 1 heterocycles. The number of nitrogens with two attached hydrogens (primary N) is 1. The van der Waals surface area contributed by atoms with E-state index in [1.165, 1.54) is 18.4 Å². The standard InChI is InChI=1S/C11H17N3O2S/c1-8-6-9-7-10(17(15,16)13(2)3)4-5-11(9)14(8)12/h4-5,7-8H,6,12H2,1-3H3. The molecule has 1 aliphatic rings. The van der Waals surface area contributed by atoms with Gasteiger partial charge in [0.1, 0.15) is 0 Å². The highest BCUT2D eigenvalue weighted by Gasteiger charge is 2.26. The summed E-state index contributed by atoms with van der Waals surface area (Å²) < 4.78 is 25.2. The fraction of sp³-hybridized carbons (Fsp3) is 0.455. The Bertz CT molecular complexity index is 540. The molecule has 0 amide bonds. The van der Waals surface area contributed by atoms with E-state index in [4.69, 9.17) is 5.84 Å². The van der Waals surface area contributed by atoms with Crippen LogP contribution in [0.3, 0.4) is 0 Å². The van der Waals surface area contributed by atoms with Crippen molar-refractivity contribution in [3.63, 3.8) is 0 Å². The van der Waals surface area contributed by atoms with Crippen LogP contribution < -0.4 is 10.9 Å². The predicted molar refractivity (Wildman–Crippen MR) is 67.1 cm³/mol. The zero-order valence-electron chi connectivity index (χ0n) is 10.2. The fourth-order valence-corrected chi connectivity index (χ4v) is 2.96. The third kappa shape index (κ3) is 1.92. The molecule has 0 spiro atoms. The van der Waals surface area contributed by atoms with E-state index in [1.807, 2.05) is 6.92 Å². The van der Waals surface area contributed by atoms with Crippen LogP contribution in [0.15, 0.2) is 23.1 Å². The molecule has 0 fully saturated rings. The van der Waals surface area contributed by atoms with Gasteiger partial charge in [0.15, 0.2) is 0 Å². The van der Waals surface area contributed by atoms with Crippen LogP contribution in [0.25, 0.3) is 0 Å². The molecule has 0 bridgehead atoms. The van der Waals surface area contributed by atoms with Crippen molar-refractivity contribution < 1.29 is 8.42 Å². The lowest BCUT2D eigenvalue weighted by molar-refractivity contribution is 0.520. The molecule has 2 rings (SSSR count). The first-order chi connectivity index (χ1) is 7.84. The summed E-state index contributed by atoms with van der Waals surface area (Å²) in [4.78, 5) is 0.323. The first kappa shape index (κ1) is 12.3. The largest absolute Gasteiger partial charge is 0.308 e. The normalized spacial score (nSPS) is 19.8. The Morgan fingerprint density at radius 2 is 2.06 bits per heavy atom. The summed E-state index contributed by atoms with van der Waals surface area (Å²) >= 11 is 0. The van der Waals surface area contributed by atoms with Gasteiger partial charge in [0, 0.05) is 20.1 Å². The highest BCUT2D eigenvalue weighted by Crippen LogP contribution is 2.31. The van der Waals surface area contributed by atoms with Crippen LogP contribution in [0.4, 0.5) is 5.69 Å². The number of hydrogen-bond donors (Lipinski definition) is 1. The van der Waals surface area contributed by atoms with Gasteiger partial charge in [-0.2, -0.15) is 0 Å². The summed E-state index contributed by atoms with van der Waals surface area (Å²) in [6, 6.07) is 5.30. The quantitative estimate of drug-likeness (QED) is 0.784. The average Bonchev–Trinajstić information content (AvgIpc) is 2.54. The molecule has 0 saturated carbocycles. The topological polar surface area (TPSA) is 66.6 Å². The molecule has 0 saturated heterocycles. The molecule has 1 aliphatic heterocycles. The van der Waals surface area contributed by atoms with Crippen molar-refractivity contribution in [3.05, 3.63) is 23.8 Å². The van der Waals surface area contributed by atoms with Gasteiger partial charge < -0.3 is 5.01 Å². The molecule has 0 aromatic heterocycles. The number of sulfonamides is 1. The van der Waals surface area contributed by atoms with E-state index in [2.05, 4.69) is 0 Å². The van der Waals surface area contributed by atoms with Crippen molar-refractivity contribution in [2.75, 3.05) is 19.1 Å². The summed E-state index contributed by atoms with van der Waals surface area (Å²) in [7, 11) is -0.303. The van der Waals surface area contributed by atoms with Crippen molar-refractivity contribution in [2.45, 2.75) is 24.3 Å². The zero-order chi connectivity index (χ0) is 12.8. The van der Waals surface area contributed by atoms with Crippen molar-refractivity contribution >= 4 is 15.7 Å². The number of fused-ring (bicyclic) bond motifs is 1. The van der Waals surface area contributed by atoms with Crippen molar-refractivity contribution in [1.29, 1.82) is 0 Å². The van der Waals surface area contributed by atoms with Crippen LogP contribution in [0.1, 0.15) is 12.5 Å². The van der Waals surface area contributed by atoms with Crippen LogP contribution in [-0.2, 0) is 16.4 Å². The Balaban J connectivity index is 2.48. The molecule has 0 radical (unpaired) electrons. The Morgan fingerprint density at radius 3 is 2.65 bits per heavy atom. The number of hydrazine groups is 1. The van der Waals surface area contributed by atoms with Gasteiger partial charge in [0.05, 0.1) is 10.6 Å². The monoisotopic (exact) mass is 255 g/mol. The smallest absolute Gasteiger partial charge is 0.242 e. The lowest BCUT2D eigenvalue weighted by Crippen LogP contribution is -2.35. The number of hydrogen-bond acceptors (Lipinski definition) is 4. The van der Waals surface area contributed by atoms with Gasteiger partial charge in [0.25, 0.3) is 0 Å². The van der Waals surface area contributed by atoms with Crippen molar-refractivity contribution in [3.8, 4) is 0 Å². The van der Waals surface area contributed by atoms with E-state index in [9.17, 15) is 8.42 Å². The van der Waals surface area contributed by atoms with Crippen LogP contribution in [0.5, 0.6) is 0 Å². The summed E-state index contributed by atoms with van der Waals surface area (Å²) in [5, 5.41) is 1.68. The number of anilines is 1. The highest BCUT2D eigenvalue weighted by atomic mass is 32.2. The second-order valence-corrected chi connectivity index (χ2v) is 6.69. The molecule has 17 heavy (non-hydrogen) atoms. The van der Waals surface area contributed by atoms with E-state index in [-0.39, 0.29) is 6.04 Å². The molecule has 1 aromatic carbocycles. The maximum Gasteiger partial charge on any atom is 0.242 e. The Labute approximate surface area is 102 Å². The van der Waals surface area contributed by atoms with Crippen molar-refractivity contribution in [2.24, 2.45) is 5.84 Å². The van der Waals surface area contributed by atoms with E-state index in [1.54, 1.807) is 23.2 Å². The molecule has 94 valence electrons. The van der Waals surface area contributed by atoms with Gasteiger partial charge in [-0.05, 0) is 37.1 Å². The van der Waals surface area contributed by atoms with E-state index in [0.717, 1.165) is 17.7 Å². The molecule has 1 atom stereocenters. The van der Waals surface area contributed by atoms with Gasteiger partial charge in [-0.3, -0.25) is 0 Å². The molecular formula is C11H17N3O2S. The third-order valence-electron chi connectivity index (χ3n) is 3.10. The Morgan fingerprint density at radius 1 is 1.41 bits per heavy atom. The Kier molecular flexibility index (Phi) is 2.89. The van der Waals surface area contributed by atoms with Crippen LogP contribution in [0, 0.1) is 0 Å². The minimum Gasteiger partial charge on any atom is -0.308 e. The SMILES string of the molecule is CC1Cc2cc(S(=O)(=O)N(C)C)ccc2N1N. The van der Waals surface area contributed by atoms with E-state index in [0.29, 0.717) is 4.90 Å². The molecule has 5 nitrogen and oxygen atoms in total. The molecular weight excluding hydrogens is 238 g/mol. The molecule has 6 heteroatoms. The first-order valence-electron chi connectivity index (χ1n) is 5.43. The number of rotatable bonds is 2.